The normalized spacial score (nSPS) is 11.8. The van der Waals surface area contributed by atoms with Crippen LogP contribution in [-0.2, 0) is 4.79 Å². The molecule has 0 saturated carbocycles. The molecule has 2 N–H and O–H groups in total. The van der Waals surface area contributed by atoms with Crippen LogP contribution in [0.3, 0.4) is 0 Å². The molecular formula is C22H23N3O2. The maximum atomic E-state index is 12.9. The smallest absolute Gasteiger partial charge is 0.252 e. The van der Waals surface area contributed by atoms with Crippen molar-refractivity contribution in [1.29, 1.82) is 0 Å². The van der Waals surface area contributed by atoms with E-state index in [4.69, 9.17) is 0 Å². The summed E-state index contributed by atoms with van der Waals surface area (Å²) in [6.07, 6.45) is 0.849. The van der Waals surface area contributed by atoms with Crippen molar-refractivity contribution in [2.45, 2.75) is 26.3 Å². The topological polar surface area (TPSA) is 71.1 Å². The lowest BCUT2D eigenvalue weighted by Crippen LogP contribution is -2.45. The number of benzene rings is 2. The average Bonchev–Trinajstić information content (AvgIpc) is 2.71. The molecule has 2 amide bonds. The number of carbonyl (C=O) groups is 2. The van der Waals surface area contributed by atoms with Crippen molar-refractivity contribution in [3.8, 4) is 11.3 Å². The van der Waals surface area contributed by atoms with Crippen molar-refractivity contribution < 1.29 is 9.59 Å². The summed E-state index contributed by atoms with van der Waals surface area (Å²) in [5.74, 6) is -0.475. The molecule has 1 heterocycles. The number of hydrogen-bond donors (Lipinski definition) is 2. The molecule has 2 aromatic carbocycles. The van der Waals surface area contributed by atoms with Crippen LogP contribution in [0.1, 0.15) is 30.6 Å². The van der Waals surface area contributed by atoms with E-state index in [1.807, 2.05) is 61.5 Å². The highest BCUT2D eigenvalue weighted by Crippen LogP contribution is 2.24. The second kappa shape index (κ2) is 8.45. The highest BCUT2D eigenvalue weighted by atomic mass is 16.2. The molecule has 0 fully saturated rings. The van der Waals surface area contributed by atoms with Gasteiger partial charge < -0.3 is 10.6 Å². The van der Waals surface area contributed by atoms with Gasteiger partial charge in [-0.25, -0.2) is 4.98 Å². The Kier molecular flexibility index (Phi) is 5.81. The largest absolute Gasteiger partial charge is 0.354 e. The zero-order valence-electron chi connectivity index (χ0n) is 15.5. The third-order valence-electron chi connectivity index (χ3n) is 4.32. The first kappa shape index (κ1) is 18.6. The Morgan fingerprint density at radius 2 is 1.74 bits per heavy atom. The number of hydrogen-bond acceptors (Lipinski definition) is 3. The van der Waals surface area contributed by atoms with Crippen LogP contribution in [0.5, 0.6) is 0 Å². The molecule has 27 heavy (non-hydrogen) atoms. The van der Waals surface area contributed by atoms with Crippen LogP contribution in [0.4, 0.5) is 0 Å². The van der Waals surface area contributed by atoms with E-state index in [1.54, 1.807) is 13.0 Å². The van der Waals surface area contributed by atoms with Gasteiger partial charge in [0.1, 0.15) is 6.04 Å². The summed E-state index contributed by atoms with van der Waals surface area (Å²) in [7, 11) is 0. The Morgan fingerprint density at radius 1 is 1.04 bits per heavy atom. The van der Waals surface area contributed by atoms with Crippen molar-refractivity contribution in [3.63, 3.8) is 0 Å². The monoisotopic (exact) mass is 361 g/mol. The zero-order valence-corrected chi connectivity index (χ0v) is 15.5. The van der Waals surface area contributed by atoms with Crippen LogP contribution in [0.15, 0.2) is 60.7 Å². The third-order valence-corrected chi connectivity index (χ3v) is 4.32. The summed E-state index contributed by atoms with van der Waals surface area (Å²) in [4.78, 5) is 29.7. The lowest BCUT2D eigenvalue weighted by molar-refractivity contribution is -0.122. The number of rotatable bonds is 6. The Labute approximate surface area is 158 Å². The predicted octanol–water partition coefficient (Wildman–Crippen LogP) is 3.55. The van der Waals surface area contributed by atoms with Gasteiger partial charge in [-0.3, -0.25) is 9.59 Å². The quantitative estimate of drug-likeness (QED) is 0.705. The molecule has 3 aromatic rings. The number of pyridine rings is 1. The molecule has 0 radical (unpaired) electrons. The lowest BCUT2D eigenvalue weighted by Gasteiger charge is -2.15. The van der Waals surface area contributed by atoms with Gasteiger partial charge >= 0.3 is 0 Å². The second-order valence-corrected chi connectivity index (χ2v) is 6.42. The van der Waals surface area contributed by atoms with Gasteiger partial charge in [0.15, 0.2) is 0 Å². The maximum Gasteiger partial charge on any atom is 0.252 e. The minimum Gasteiger partial charge on any atom is -0.354 e. The van der Waals surface area contributed by atoms with E-state index in [2.05, 4.69) is 15.6 Å². The number of amides is 2. The number of nitrogens with one attached hydrogen (secondary N) is 2. The summed E-state index contributed by atoms with van der Waals surface area (Å²) in [5, 5.41) is 6.35. The summed E-state index contributed by atoms with van der Waals surface area (Å²) in [6, 6.07) is 18.4. The van der Waals surface area contributed by atoms with Crippen molar-refractivity contribution in [2.24, 2.45) is 0 Å². The molecule has 1 atom stereocenters. The fraction of sp³-hybridized carbons (Fsp3) is 0.227. The van der Waals surface area contributed by atoms with Gasteiger partial charge in [0.05, 0.1) is 16.8 Å². The Bertz CT molecular complexity index is 954. The third kappa shape index (κ3) is 4.31. The summed E-state index contributed by atoms with van der Waals surface area (Å²) in [6.45, 7) is 4.26. The fourth-order valence-corrected chi connectivity index (χ4v) is 2.86. The summed E-state index contributed by atoms with van der Waals surface area (Å²) in [5.41, 5.74) is 2.91. The molecule has 0 aliphatic carbocycles. The number of para-hydroxylation sites is 1. The van der Waals surface area contributed by atoms with E-state index in [0.29, 0.717) is 12.1 Å². The Morgan fingerprint density at radius 3 is 2.48 bits per heavy atom. The van der Waals surface area contributed by atoms with E-state index in [-0.39, 0.29) is 11.8 Å². The van der Waals surface area contributed by atoms with Crippen LogP contribution in [0, 0.1) is 0 Å². The molecule has 5 heteroatoms. The van der Waals surface area contributed by atoms with E-state index < -0.39 is 6.04 Å². The van der Waals surface area contributed by atoms with Gasteiger partial charge in [0.2, 0.25) is 5.91 Å². The number of nitrogens with zero attached hydrogens (tertiary/aromatic N) is 1. The van der Waals surface area contributed by atoms with Crippen molar-refractivity contribution in [2.75, 3.05) is 6.54 Å². The molecule has 0 saturated heterocycles. The first-order chi connectivity index (χ1) is 13.1. The molecule has 138 valence electrons. The minimum atomic E-state index is -0.615. The highest BCUT2D eigenvalue weighted by Gasteiger charge is 2.19. The minimum absolute atomic E-state index is 0.188. The molecule has 0 spiro atoms. The molecule has 1 aromatic heterocycles. The zero-order chi connectivity index (χ0) is 19.2. The van der Waals surface area contributed by atoms with Crippen LogP contribution in [0.25, 0.3) is 22.2 Å². The van der Waals surface area contributed by atoms with Gasteiger partial charge in [-0.05, 0) is 25.5 Å². The van der Waals surface area contributed by atoms with Gasteiger partial charge in [0.25, 0.3) is 5.91 Å². The van der Waals surface area contributed by atoms with Crippen LogP contribution < -0.4 is 10.6 Å². The van der Waals surface area contributed by atoms with Gasteiger partial charge in [-0.2, -0.15) is 0 Å². The maximum absolute atomic E-state index is 12.9. The fourth-order valence-electron chi connectivity index (χ4n) is 2.86. The highest BCUT2D eigenvalue weighted by molar-refractivity contribution is 6.08. The Hall–Kier alpha value is -3.21. The lowest BCUT2D eigenvalue weighted by atomic mass is 10.0. The SMILES string of the molecule is CCCNC(=O)[C@H](C)NC(=O)c1cc(-c2ccccc2)nc2ccccc12. The molecule has 5 nitrogen and oxygen atoms in total. The number of aromatic nitrogens is 1. The number of carbonyl (C=O) groups excluding carboxylic acids is 2. The van der Waals surface area contributed by atoms with Crippen molar-refractivity contribution in [3.05, 3.63) is 66.2 Å². The Balaban J connectivity index is 1.95. The summed E-state index contributed by atoms with van der Waals surface area (Å²) >= 11 is 0. The first-order valence-corrected chi connectivity index (χ1v) is 9.14. The number of fused-ring (bicyclic) bond motifs is 1. The van der Waals surface area contributed by atoms with E-state index in [9.17, 15) is 9.59 Å². The standard InChI is InChI=1S/C22H23N3O2/c1-3-13-23-21(26)15(2)24-22(27)18-14-20(16-9-5-4-6-10-16)25-19-12-8-7-11-17(18)19/h4-12,14-15H,3,13H2,1-2H3,(H,23,26)(H,24,27)/t15-/m0/s1. The van der Waals surface area contributed by atoms with E-state index in [1.165, 1.54) is 0 Å². The molecule has 3 rings (SSSR count). The summed E-state index contributed by atoms with van der Waals surface area (Å²) < 4.78 is 0. The van der Waals surface area contributed by atoms with Crippen molar-refractivity contribution in [1.82, 2.24) is 15.6 Å². The van der Waals surface area contributed by atoms with Crippen LogP contribution in [-0.4, -0.2) is 29.4 Å². The molecule has 0 unspecified atom stereocenters. The van der Waals surface area contributed by atoms with E-state index >= 15 is 0 Å². The molecular weight excluding hydrogens is 338 g/mol. The molecule has 0 aliphatic rings. The second-order valence-electron chi connectivity index (χ2n) is 6.42. The molecule has 0 aliphatic heterocycles. The van der Waals surface area contributed by atoms with Gasteiger partial charge in [0, 0.05) is 17.5 Å². The van der Waals surface area contributed by atoms with Gasteiger partial charge in [-0.1, -0.05) is 55.5 Å². The molecule has 0 bridgehead atoms. The van der Waals surface area contributed by atoms with Crippen LogP contribution >= 0.6 is 0 Å². The van der Waals surface area contributed by atoms with Gasteiger partial charge in [-0.15, -0.1) is 0 Å². The van der Waals surface area contributed by atoms with Crippen LogP contribution in [0.2, 0.25) is 0 Å². The first-order valence-electron chi connectivity index (χ1n) is 9.14. The van der Waals surface area contributed by atoms with E-state index in [0.717, 1.165) is 28.6 Å². The predicted molar refractivity (Wildman–Crippen MR) is 107 cm³/mol. The average molecular weight is 361 g/mol. The van der Waals surface area contributed by atoms with Crippen molar-refractivity contribution >= 4 is 22.7 Å².